The highest BCUT2D eigenvalue weighted by Crippen LogP contribution is 2.15. The van der Waals surface area contributed by atoms with E-state index >= 15 is 0 Å². The molecule has 2 nitrogen and oxygen atoms in total. The van der Waals surface area contributed by atoms with Gasteiger partial charge in [0.25, 0.3) is 0 Å². The normalized spacial score (nSPS) is 12.8. The van der Waals surface area contributed by atoms with Crippen molar-refractivity contribution in [1.82, 2.24) is 5.32 Å². The van der Waals surface area contributed by atoms with Gasteiger partial charge in [0.2, 0.25) is 5.91 Å². The third kappa shape index (κ3) is 10.0. The van der Waals surface area contributed by atoms with Crippen LogP contribution in [0.2, 0.25) is 0 Å². The number of amides is 1. The fourth-order valence-corrected chi connectivity index (χ4v) is 1.84. The molecule has 0 aliphatic carbocycles. The zero-order chi connectivity index (χ0) is 12.4. The van der Waals surface area contributed by atoms with E-state index < -0.39 is 0 Å². The van der Waals surface area contributed by atoms with Crippen LogP contribution in [-0.2, 0) is 4.79 Å². The van der Waals surface area contributed by atoms with Crippen LogP contribution in [0.3, 0.4) is 0 Å². The summed E-state index contributed by atoms with van der Waals surface area (Å²) in [5, 5.41) is 2.94. The highest BCUT2D eigenvalue weighted by atomic mass is 16.1. The lowest BCUT2D eigenvalue weighted by Crippen LogP contribution is -2.30. The average molecular weight is 227 g/mol. The van der Waals surface area contributed by atoms with Crippen molar-refractivity contribution in [3.63, 3.8) is 0 Å². The Morgan fingerprint density at radius 1 is 1.06 bits per heavy atom. The van der Waals surface area contributed by atoms with Gasteiger partial charge in [-0.15, -0.1) is 0 Å². The molecule has 0 radical (unpaired) electrons. The summed E-state index contributed by atoms with van der Waals surface area (Å²) in [6, 6.07) is 0.271. The quantitative estimate of drug-likeness (QED) is 0.595. The third-order valence-electron chi connectivity index (χ3n) is 2.86. The number of carbonyl (C=O) groups excluding carboxylic acids is 1. The van der Waals surface area contributed by atoms with Gasteiger partial charge in [-0.3, -0.25) is 4.79 Å². The Labute approximate surface area is 101 Å². The molecule has 0 aromatic rings. The van der Waals surface area contributed by atoms with Gasteiger partial charge >= 0.3 is 0 Å². The van der Waals surface area contributed by atoms with Crippen LogP contribution in [0, 0.1) is 5.92 Å². The summed E-state index contributed by atoms with van der Waals surface area (Å²) in [6.07, 6.45) is 8.30. The molecule has 1 atom stereocenters. The van der Waals surface area contributed by atoms with Crippen molar-refractivity contribution in [1.29, 1.82) is 0 Å². The third-order valence-corrected chi connectivity index (χ3v) is 2.86. The first-order chi connectivity index (χ1) is 7.56. The van der Waals surface area contributed by atoms with Crippen molar-refractivity contribution in [2.75, 3.05) is 0 Å². The molecule has 0 fully saturated rings. The average Bonchev–Trinajstić information content (AvgIpc) is 2.20. The number of hydrogen-bond acceptors (Lipinski definition) is 1. The first-order valence-electron chi connectivity index (χ1n) is 6.85. The Balaban J connectivity index is 3.42. The molecule has 0 saturated heterocycles. The predicted octanol–water partition coefficient (Wildman–Crippen LogP) is 3.90. The van der Waals surface area contributed by atoms with E-state index in [1.165, 1.54) is 32.1 Å². The molecule has 1 unspecified atom stereocenters. The summed E-state index contributed by atoms with van der Waals surface area (Å²) >= 11 is 0. The molecule has 0 aromatic carbocycles. The number of rotatable bonds is 9. The Bertz CT molecular complexity index is 178. The van der Waals surface area contributed by atoms with E-state index in [2.05, 4.69) is 19.2 Å². The van der Waals surface area contributed by atoms with E-state index in [1.54, 1.807) is 0 Å². The van der Waals surface area contributed by atoms with Gasteiger partial charge in [-0.25, -0.2) is 0 Å². The molecule has 0 rings (SSSR count). The van der Waals surface area contributed by atoms with Crippen LogP contribution in [0.4, 0.5) is 0 Å². The predicted molar refractivity (Wildman–Crippen MR) is 70.4 cm³/mol. The molecular weight excluding hydrogens is 198 g/mol. The maximum absolute atomic E-state index is 11.4. The molecule has 0 aromatic heterocycles. The lowest BCUT2D eigenvalue weighted by Gasteiger charge is -2.12. The van der Waals surface area contributed by atoms with Gasteiger partial charge < -0.3 is 5.32 Å². The lowest BCUT2D eigenvalue weighted by atomic mass is 9.97. The van der Waals surface area contributed by atoms with Crippen LogP contribution < -0.4 is 5.32 Å². The van der Waals surface area contributed by atoms with Gasteiger partial charge in [0.15, 0.2) is 0 Å². The van der Waals surface area contributed by atoms with Crippen LogP contribution in [0.5, 0.6) is 0 Å². The molecule has 96 valence electrons. The maximum atomic E-state index is 11.4. The van der Waals surface area contributed by atoms with E-state index in [4.69, 9.17) is 0 Å². The highest BCUT2D eigenvalue weighted by Gasteiger charge is 2.07. The molecular formula is C14H29NO. The first-order valence-corrected chi connectivity index (χ1v) is 6.85. The van der Waals surface area contributed by atoms with Crippen molar-refractivity contribution in [3.05, 3.63) is 0 Å². The van der Waals surface area contributed by atoms with Crippen LogP contribution >= 0.6 is 0 Å². The molecule has 0 aliphatic rings. The van der Waals surface area contributed by atoms with Crippen LogP contribution in [0.1, 0.15) is 72.6 Å². The monoisotopic (exact) mass is 227 g/mol. The van der Waals surface area contributed by atoms with Crippen LogP contribution in [0.25, 0.3) is 0 Å². The molecule has 0 bridgehead atoms. The standard InChI is InChI=1S/C14H29NO/c1-5-6-7-8-9-13(4)10-11-14(16)15-12(2)3/h12-13H,5-11H2,1-4H3,(H,15,16). The largest absolute Gasteiger partial charge is 0.354 e. The minimum atomic E-state index is 0.204. The van der Waals surface area contributed by atoms with Crippen molar-refractivity contribution < 1.29 is 4.79 Å². The van der Waals surface area contributed by atoms with Gasteiger partial charge in [-0.1, -0.05) is 46.0 Å². The maximum Gasteiger partial charge on any atom is 0.220 e. The summed E-state index contributed by atoms with van der Waals surface area (Å²) in [4.78, 5) is 11.4. The smallest absolute Gasteiger partial charge is 0.220 e. The number of unbranched alkanes of at least 4 members (excludes halogenated alkanes) is 3. The highest BCUT2D eigenvalue weighted by molar-refractivity contribution is 5.76. The van der Waals surface area contributed by atoms with Crippen molar-refractivity contribution in [2.45, 2.75) is 78.7 Å². The van der Waals surface area contributed by atoms with Crippen molar-refractivity contribution in [3.8, 4) is 0 Å². The summed E-state index contributed by atoms with van der Waals surface area (Å²) in [5.41, 5.74) is 0. The topological polar surface area (TPSA) is 29.1 Å². The summed E-state index contributed by atoms with van der Waals surface area (Å²) in [5.74, 6) is 0.894. The zero-order valence-corrected chi connectivity index (χ0v) is 11.5. The second-order valence-electron chi connectivity index (χ2n) is 5.22. The summed E-state index contributed by atoms with van der Waals surface area (Å²) in [7, 11) is 0. The summed E-state index contributed by atoms with van der Waals surface area (Å²) in [6.45, 7) is 8.51. The van der Waals surface area contributed by atoms with Gasteiger partial charge in [-0.05, 0) is 26.2 Å². The Morgan fingerprint density at radius 2 is 1.75 bits per heavy atom. The molecule has 2 heteroatoms. The van der Waals surface area contributed by atoms with Crippen molar-refractivity contribution >= 4 is 5.91 Å². The fraction of sp³-hybridized carbons (Fsp3) is 0.929. The van der Waals surface area contributed by atoms with Crippen molar-refractivity contribution in [2.24, 2.45) is 5.92 Å². The molecule has 1 N–H and O–H groups in total. The molecule has 0 aliphatic heterocycles. The Kier molecular flexibility index (Phi) is 9.36. The number of nitrogens with one attached hydrogen (secondary N) is 1. The number of hydrogen-bond donors (Lipinski definition) is 1. The fourth-order valence-electron chi connectivity index (χ4n) is 1.84. The van der Waals surface area contributed by atoms with E-state index in [1.807, 2.05) is 13.8 Å². The molecule has 16 heavy (non-hydrogen) atoms. The van der Waals surface area contributed by atoms with E-state index in [9.17, 15) is 4.79 Å². The Morgan fingerprint density at radius 3 is 2.31 bits per heavy atom. The minimum absolute atomic E-state index is 0.204. The van der Waals surface area contributed by atoms with Gasteiger partial charge in [0, 0.05) is 12.5 Å². The molecule has 0 spiro atoms. The van der Waals surface area contributed by atoms with E-state index in [0.29, 0.717) is 12.3 Å². The van der Waals surface area contributed by atoms with Gasteiger partial charge in [0.05, 0.1) is 0 Å². The Hall–Kier alpha value is -0.530. The molecule has 0 saturated carbocycles. The van der Waals surface area contributed by atoms with E-state index in [-0.39, 0.29) is 11.9 Å². The van der Waals surface area contributed by atoms with E-state index in [0.717, 1.165) is 6.42 Å². The first kappa shape index (κ1) is 15.5. The molecule has 0 heterocycles. The van der Waals surface area contributed by atoms with Gasteiger partial charge in [0.1, 0.15) is 0 Å². The second-order valence-corrected chi connectivity index (χ2v) is 5.22. The number of carbonyl (C=O) groups is 1. The minimum Gasteiger partial charge on any atom is -0.354 e. The van der Waals surface area contributed by atoms with Crippen LogP contribution in [-0.4, -0.2) is 11.9 Å². The summed E-state index contributed by atoms with van der Waals surface area (Å²) < 4.78 is 0. The van der Waals surface area contributed by atoms with Crippen LogP contribution in [0.15, 0.2) is 0 Å². The zero-order valence-electron chi connectivity index (χ0n) is 11.5. The SMILES string of the molecule is CCCCCCC(C)CCC(=O)NC(C)C. The lowest BCUT2D eigenvalue weighted by molar-refractivity contribution is -0.121. The molecule has 1 amide bonds. The van der Waals surface area contributed by atoms with Gasteiger partial charge in [-0.2, -0.15) is 0 Å². The second kappa shape index (κ2) is 9.68.